The zero-order valence-corrected chi connectivity index (χ0v) is 14.4. The van der Waals surface area contributed by atoms with Crippen LogP contribution in [0.2, 0.25) is 0 Å². The molecule has 0 spiro atoms. The molecule has 1 aromatic carbocycles. The summed E-state index contributed by atoms with van der Waals surface area (Å²) < 4.78 is 15.9. The molecule has 0 unspecified atom stereocenters. The highest BCUT2D eigenvalue weighted by atomic mass is 16.7. The maximum atomic E-state index is 12.7. The second-order valence-electron chi connectivity index (χ2n) is 6.44. The summed E-state index contributed by atoms with van der Waals surface area (Å²) in [4.78, 5) is 16.9. The van der Waals surface area contributed by atoms with Crippen molar-refractivity contribution in [1.29, 1.82) is 0 Å². The highest BCUT2D eigenvalue weighted by molar-refractivity contribution is 5.95. The molecule has 132 valence electrons. The lowest BCUT2D eigenvalue weighted by Crippen LogP contribution is -2.48. The Balaban J connectivity index is 1.37. The topological polar surface area (TPSA) is 68.0 Å². The second kappa shape index (κ2) is 6.40. The van der Waals surface area contributed by atoms with Crippen molar-refractivity contribution in [3.63, 3.8) is 0 Å². The zero-order chi connectivity index (χ0) is 17.4. The third-order valence-corrected chi connectivity index (χ3v) is 4.84. The average molecular weight is 343 g/mol. The first kappa shape index (κ1) is 16.0. The van der Waals surface area contributed by atoms with Crippen LogP contribution in [-0.2, 0) is 6.54 Å². The number of piperazine rings is 1. The fraction of sp³-hybridized carbons (Fsp3) is 0.444. The third kappa shape index (κ3) is 3.07. The third-order valence-electron chi connectivity index (χ3n) is 4.84. The van der Waals surface area contributed by atoms with Gasteiger partial charge in [0, 0.05) is 43.9 Å². The molecule has 3 heterocycles. The standard InChI is InChI=1S/C18H21N3O4/c1-12-15(13(2)25-19-12)10-20-5-7-21(8-6-20)18(22)14-3-4-16-17(9-14)24-11-23-16/h3-4,9H,5-8,10-11H2,1-2H3. The lowest BCUT2D eigenvalue weighted by Gasteiger charge is -2.34. The van der Waals surface area contributed by atoms with Gasteiger partial charge < -0.3 is 18.9 Å². The van der Waals surface area contributed by atoms with Gasteiger partial charge in [0.1, 0.15) is 5.76 Å². The second-order valence-corrected chi connectivity index (χ2v) is 6.44. The van der Waals surface area contributed by atoms with Gasteiger partial charge in [-0.05, 0) is 32.0 Å². The number of nitrogens with zero attached hydrogens (tertiary/aromatic N) is 3. The molecule has 4 rings (SSSR count). The lowest BCUT2D eigenvalue weighted by molar-refractivity contribution is 0.0627. The molecule has 7 heteroatoms. The first-order valence-corrected chi connectivity index (χ1v) is 8.45. The number of benzene rings is 1. The van der Waals surface area contributed by atoms with E-state index in [0.29, 0.717) is 30.2 Å². The average Bonchev–Trinajstić information content (AvgIpc) is 3.22. The smallest absolute Gasteiger partial charge is 0.254 e. The van der Waals surface area contributed by atoms with Gasteiger partial charge in [-0.25, -0.2) is 0 Å². The highest BCUT2D eigenvalue weighted by Crippen LogP contribution is 2.32. The summed E-state index contributed by atoms with van der Waals surface area (Å²) in [6.45, 7) is 8.01. The molecule has 0 saturated carbocycles. The van der Waals surface area contributed by atoms with Crippen molar-refractivity contribution >= 4 is 5.91 Å². The number of fused-ring (bicyclic) bond motifs is 1. The summed E-state index contributed by atoms with van der Waals surface area (Å²) in [5.41, 5.74) is 2.73. The first-order chi connectivity index (χ1) is 12.1. The van der Waals surface area contributed by atoms with E-state index in [2.05, 4.69) is 10.1 Å². The zero-order valence-electron chi connectivity index (χ0n) is 14.4. The Hall–Kier alpha value is -2.54. The fourth-order valence-corrected chi connectivity index (χ4v) is 3.27. The van der Waals surface area contributed by atoms with Gasteiger partial charge in [0.15, 0.2) is 11.5 Å². The number of carbonyl (C=O) groups excluding carboxylic acids is 1. The van der Waals surface area contributed by atoms with Crippen LogP contribution in [0.1, 0.15) is 27.4 Å². The summed E-state index contributed by atoms with van der Waals surface area (Å²) in [6, 6.07) is 5.36. The van der Waals surface area contributed by atoms with Crippen LogP contribution in [0.15, 0.2) is 22.7 Å². The molecule has 0 radical (unpaired) electrons. The van der Waals surface area contributed by atoms with E-state index in [1.165, 1.54) is 0 Å². The Morgan fingerprint density at radius 1 is 1.12 bits per heavy atom. The van der Waals surface area contributed by atoms with Gasteiger partial charge in [-0.1, -0.05) is 5.16 Å². The molecule has 2 aliphatic rings. The molecule has 1 amide bonds. The predicted octanol–water partition coefficient (Wildman–Crippen LogP) is 1.98. The van der Waals surface area contributed by atoms with Crippen LogP contribution in [0.25, 0.3) is 0 Å². The van der Waals surface area contributed by atoms with E-state index in [1.807, 2.05) is 18.7 Å². The van der Waals surface area contributed by atoms with Crippen molar-refractivity contribution in [2.24, 2.45) is 0 Å². The van der Waals surface area contributed by atoms with E-state index in [4.69, 9.17) is 14.0 Å². The molecule has 25 heavy (non-hydrogen) atoms. The van der Waals surface area contributed by atoms with E-state index < -0.39 is 0 Å². The van der Waals surface area contributed by atoms with Crippen molar-refractivity contribution in [2.45, 2.75) is 20.4 Å². The molecule has 0 bridgehead atoms. The molecule has 0 atom stereocenters. The van der Waals surface area contributed by atoms with E-state index >= 15 is 0 Å². The van der Waals surface area contributed by atoms with Crippen LogP contribution in [0.3, 0.4) is 0 Å². The van der Waals surface area contributed by atoms with Gasteiger partial charge in [0.05, 0.1) is 5.69 Å². The van der Waals surface area contributed by atoms with Crippen LogP contribution < -0.4 is 9.47 Å². The summed E-state index contributed by atoms with van der Waals surface area (Å²) >= 11 is 0. The SMILES string of the molecule is Cc1noc(C)c1CN1CCN(C(=O)c2ccc3c(c2)OCO3)CC1. The Morgan fingerprint density at radius 3 is 2.60 bits per heavy atom. The van der Waals surface area contributed by atoms with Crippen molar-refractivity contribution in [3.8, 4) is 11.5 Å². The predicted molar refractivity (Wildman–Crippen MR) is 89.7 cm³/mol. The molecule has 0 aliphatic carbocycles. The Kier molecular flexibility index (Phi) is 4.09. The van der Waals surface area contributed by atoms with E-state index in [0.717, 1.165) is 36.7 Å². The van der Waals surface area contributed by atoms with Crippen LogP contribution in [0.5, 0.6) is 11.5 Å². The van der Waals surface area contributed by atoms with Gasteiger partial charge in [-0.15, -0.1) is 0 Å². The van der Waals surface area contributed by atoms with Gasteiger partial charge in [-0.2, -0.15) is 0 Å². The molecule has 2 aliphatic heterocycles. The molecule has 2 aromatic rings. The summed E-state index contributed by atoms with van der Waals surface area (Å²) in [5.74, 6) is 2.25. The van der Waals surface area contributed by atoms with E-state index in [1.54, 1.807) is 18.2 Å². The van der Waals surface area contributed by atoms with Crippen LogP contribution in [0.4, 0.5) is 0 Å². The molecule has 1 aromatic heterocycles. The van der Waals surface area contributed by atoms with Gasteiger partial charge >= 0.3 is 0 Å². The maximum Gasteiger partial charge on any atom is 0.254 e. The number of hydrogen-bond donors (Lipinski definition) is 0. The molecule has 1 fully saturated rings. The minimum absolute atomic E-state index is 0.0373. The molecule has 7 nitrogen and oxygen atoms in total. The summed E-state index contributed by atoms with van der Waals surface area (Å²) in [6.07, 6.45) is 0. The number of ether oxygens (including phenoxy) is 2. The number of amides is 1. The Morgan fingerprint density at radius 2 is 1.88 bits per heavy atom. The molecule has 1 saturated heterocycles. The molecule has 0 N–H and O–H groups in total. The minimum atomic E-state index is 0.0373. The maximum absolute atomic E-state index is 12.7. The van der Waals surface area contributed by atoms with Gasteiger partial charge in [-0.3, -0.25) is 9.69 Å². The van der Waals surface area contributed by atoms with Crippen molar-refractivity contribution in [1.82, 2.24) is 15.0 Å². The number of carbonyl (C=O) groups is 1. The first-order valence-electron chi connectivity index (χ1n) is 8.45. The van der Waals surface area contributed by atoms with Crippen molar-refractivity contribution < 1.29 is 18.8 Å². The van der Waals surface area contributed by atoms with Crippen LogP contribution in [-0.4, -0.2) is 53.8 Å². The quantitative estimate of drug-likeness (QED) is 0.849. The van der Waals surface area contributed by atoms with Crippen LogP contribution in [0, 0.1) is 13.8 Å². The summed E-state index contributed by atoms with van der Waals surface area (Å²) in [7, 11) is 0. The summed E-state index contributed by atoms with van der Waals surface area (Å²) in [5, 5.41) is 4.00. The number of aryl methyl sites for hydroxylation is 2. The van der Waals surface area contributed by atoms with Gasteiger partial charge in [0.25, 0.3) is 5.91 Å². The Labute approximate surface area is 146 Å². The number of aromatic nitrogens is 1. The number of hydrogen-bond acceptors (Lipinski definition) is 6. The lowest BCUT2D eigenvalue weighted by atomic mass is 10.1. The fourth-order valence-electron chi connectivity index (χ4n) is 3.27. The van der Waals surface area contributed by atoms with E-state index in [9.17, 15) is 4.79 Å². The van der Waals surface area contributed by atoms with Crippen molar-refractivity contribution in [3.05, 3.63) is 40.8 Å². The minimum Gasteiger partial charge on any atom is -0.454 e. The van der Waals surface area contributed by atoms with E-state index in [-0.39, 0.29) is 12.7 Å². The normalized spacial score (nSPS) is 17.1. The Bertz CT molecular complexity index is 774. The van der Waals surface area contributed by atoms with Gasteiger partial charge in [0.2, 0.25) is 6.79 Å². The van der Waals surface area contributed by atoms with Crippen molar-refractivity contribution in [2.75, 3.05) is 33.0 Å². The monoisotopic (exact) mass is 343 g/mol. The highest BCUT2D eigenvalue weighted by Gasteiger charge is 2.25. The number of rotatable bonds is 3. The molecular weight excluding hydrogens is 322 g/mol. The largest absolute Gasteiger partial charge is 0.454 e. The van der Waals surface area contributed by atoms with Crippen LogP contribution >= 0.6 is 0 Å². The molecular formula is C18H21N3O4.